The normalized spacial score (nSPS) is 30.9. The van der Waals surface area contributed by atoms with Crippen LogP contribution in [0, 0.1) is 11.8 Å². The Labute approximate surface area is 210 Å². The summed E-state index contributed by atoms with van der Waals surface area (Å²) in [6.07, 6.45) is 8.47. The Morgan fingerprint density at radius 1 is 1.14 bits per heavy atom. The summed E-state index contributed by atoms with van der Waals surface area (Å²) in [5, 5.41) is 9.51. The molecule has 0 aromatic heterocycles. The van der Waals surface area contributed by atoms with Crippen molar-refractivity contribution < 1.29 is 24.2 Å². The maximum absolute atomic E-state index is 14.1. The molecule has 8 heteroatoms. The lowest BCUT2D eigenvalue weighted by molar-refractivity contribution is -0.154. The molecular weight excluding hydrogens is 446 g/mol. The Morgan fingerprint density at radius 3 is 2.46 bits per heavy atom. The molecule has 0 aliphatic carbocycles. The van der Waals surface area contributed by atoms with E-state index in [0.29, 0.717) is 45.3 Å². The number of aliphatic hydroxyl groups is 1. The first-order valence-corrected chi connectivity index (χ1v) is 13.2. The fourth-order valence-electron chi connectivity index (χ4n) is 6.55. The topological polar surface area (TPSA) is 90.4 Å². The first-order chi connectivity index (χ1) is 16.8. The number of carbonyl (C=O) groups is 3. The summed E-state index contributed by atoms with van der Waals surface area (Å²) in [4.78, 5) is 46.7. The van der Waals surface area contributed by atoms with Gasteiger partial charge in [-0.1, -0.05) is 38.8 Å². The fourth-order valence-corrected chi connectivity index (χ4v) is 6.55. The van der Waals surface area contributed by atoms with E-state index in [1.165, 1.54) is 0 Å². The highest BCUT2D eigenvalue weighted by atomic mass is 16.5. The van der Waals surface area contributed by atoms with Crippen molar-refractivity contribution in [3.05, 3.63) is 25.3 Å². The molecular formula is C27H43N3O5. The Morgan fingerprint density at radius 2 is 1.86 bits per heavy atom. The minimum atomic E-state index is -1.03. The highest BCUT2D eigenvalue weighted by molar-refractivity contribution is 5.99. The van der Waals surface area contributed by atoms with Crippen molar-refractivity contribution in [2.24, 2.45) is 11.8 Å². The fraction of sp³-hybridized carbons (Fsp3) is 0.741. The van der Waals surface area contributed by atoms with Gasteiger partial charge < -0.3 is 24.5 Å². The second-order valence-corrected chi connectivity index (χ2v) is 10.2. The van der Waals surface area contributed by atoms with E-state index >= 15 is 0 Å². The lowest BCUT2D eigenvalue weighted by Crippen LogP contribution is -2.56. The number of likely N-dealkylation sites (tertiary alicyclic amines) is 1. The summed E-state index contributed by atoms with van der Waals surface area (Å²) in [7, 11) is 1.72. The Bertz CT molecular complexity index is 832. The Balaban J connectivity index is 2.04. The molecule has 1 N–H and O–H groups in total. The molecule has 3 aliphatic rings. The van der Waals surface area contributed by atoms with E-state index in [1.807, 2.05) is 6.92 Å². The van der Waals surface area contributed by atoms with Crippen LogP contribution in [0.25, 0.3) is 0 Å². The van der Waals surface area contributed by atoms with Gasteiger partial charge in [-0.25, -0.2) is 0 Å². The second-order valence-electron chi connectivity index (χ2n) is 10.2. The number of unbranched alkanes of at least 4 members (excludes halogenated alkanes) is 2. The molecule has 3 fully saturated rings. The van der Waals surface area contributed by atoms with Gasteiger partial charge in [-0.15, -0.1) is 13.2 Å². The number of nitrogens with zero attached hydrogens (tertiary/aromatic N) is 3. The quantitative estimate of drug-likeness (QED) is 0.299. The standard InChI is InChI=1S/C27H43N3O5/c1-6-10-11-17-29(16-8-3)25(34)22-27-14-13-26(9-4,35-27)20(23(32)28(5)15-7-2)21(27)24(33)30(22)18-12-19-31/h7-8,20-22,31H,2-3,6,9-19H2,1,4-5H3/t20-,21+,22?,26+,27?/m1/s1. The summed E-state index contributed by atoms with van der Waals surface area (Å²) in [6, 6.07) is -0.802. The summed E-state index contributed by atoms with van der Waals surface area (Å²) >= 11 is 0. The molecule has 0 aromatic rings. The minimum Gasteiger partial charge on any atom is -0.396 e. The number of hydrogen-bond donors (Lipinski definition) is 1. The molecule has 0 aromatic carbocycles. The van der Waals surface area contributed by atoms with Gasteiger partial charge in [0.2, 0.25) is 17.7 Å². The van der Waals surface area contributed by atoms with Crippen LogP contribution in [0.4, 0.5) is 0 Å². The van der Waals surface area contributed by atoms with Gasteiger partial charge >= 0.3 is 0 Å². The zero-order valence-corrected chi connectivity index (χ0v) is 21.7. The number of ether oxygens (including phenoxy) is 1. The lowest BCUT2D eigenvalue weighted by atomic mass is 9.64. The first kappa shape index (κ1) is 27.4. The van der Waals surface area contributed by atoms with Crippen LogP contribution in [-0.2, 0) is 19.1 Å². The summed E-state index contributed by atoms with van der Waals surface area (Å²) < 4.78 is 6.78. The Kier molecular flexibility index (Phi) is 8.81. The molecule has 3 heterocycles. The minimum absolute atomic E-state index is 0.0839. The van der Waals surface area contributed by atoms with Crippen LogP contribution < -0.4 is 0 Å². The molecule has 8 nitrogen and oxygen atoms in total. The summed E-state index contributed by atoms with van der Waals surface area (Å²) in [5.74, 6) is -1.82. The predicted octanol–water partition coefficient (Wildman–Crippen LogP) is 2.37. The molecule has 3 aliphatic heterocycles. The van der Waals surface area contributed by atoms with Crippen LogP contribution in [-0.4, -0.2) is 94.6 Å². The van der Waals surface area contributed by atoms with E-state index < -0.39 is 29.1 Å². The number of aliphatic hydroxyl groups excluding tert-OH is 1. The number of fused-ring (bicyclic) bond motifs is 1. The third-order valence-corrected chi connectivity index (χ3v) is 8.21. The van der Waals surface area contributed by atoms with Crippen LogP contribution in [0.5, 0.6) is 0 Å². The zero-order chi connectivity index (χ0) is 25.8. The monoisotopic (exact) mass is 489 g/mol. The average Bonchev–Trinajstić information content (AvgIpc) is 3.45. The Hall–Kier alpha value is -2.19. The lowest BCUT2D eigenvalue weighted by Gasteiger charge is -2.37. The van der Waals surface area contributed by atoms with E-state index in [2.05, 4.69) is 20.1 Å². The van der Waals surface area contributed by atoms with Crippen molar-refractivity contribution in [3.8, 4) is 0 Å². The number of likely N-dealkylation sites (N-methyl/N-ethyl adjacent to an activating group) is 1. The van der Waals surface area contributed by atoms with Crippen LogP contribution in [0.15, 0.2) is 25.3 Å². The van der Waals surface area contributed by atoms with Gasteiger partial charge in [-0.3, -0.25) is 14.4 Å². The molecule has 5 atom stereocenters. The molecule has 2 bridgehead atoms. The largest absolute Gasteiger partial charge is 0.396 e. The molecule has 1 spiro atoms. The van der Waals surface area contributed by atoms with Gasteiger partial charge in [0, 0.05) is 39.8 Å². The molecule has 3 saturated heterocycles. The van der Waals surface area contributed by atoms with E-state index in [0.717, 1.165) is 19.3 Å². The van der Waals surface area contributed by atoms with Crippen molar-refractivity contribution in [2.75, 3.05) is 39.8 Å². The molecule has 0 radical (unpaired) electrons. The van der Waals surface area contributed by atoms with Crippen LogP contribution in [0.1, 0.15) is 58.8 Å². The number of carbonyl (C=O) groups excluding carboxylic acids is 3. The molecule has 2 unspecified atom stereocenters. The van der Waals surface area contributed by atoms with Gasteiger partial charge in [0.15, 0.2) is 0 Å². The van der Waals surface area contributed by atoms with Gasteiger partial charge in [0.25, 0.3) is 0 Å². The van der Waals surface area contributed by atoms with Crippen molar-refractivity contribution >= 4 is 17.7 Å². The average molecular weight is 490 g/mol. The summed E-state index contributed by atoms with van der Waals surface area (Å²) in [5.41, 5.74) is -1.78. The molecule has 196 valence electrons. The SMILES string of the molecule is C=CCN(C)C(=O)[C@H]1[C@H]2C(=O)N(CCCO)C(C(=O)N(CC=C)CCCCC)C23CC[C@]1(CC)O3. The highest BCUT2D eigenvalue weighted by Crippen LogP contribution is 2.64. The van der Waals surface area contributed by atoms with Crippen LogP contribution >= 0.6 is 0 Å². The number of hydrogen-bond acceptors (Lipinski definition) is 5. The first-order valence-electron chi connectivity index (χ1n) is 13.2. The molecule has 3 rings (SSSR count). The number of rotatable bonds is 14. The van der Waals surface area contributed by atoms with Crippen LogP contribution in [0.3, 0.4) is 0 Å². The third kappa shape index (κ3) is 4.55. The van der Waals surface area contributed by atoms with Crippen molar-refractivity contribution in [2.45, 2.75) is 76.0 Å². The van der Waals surface area contributed by atoms with Crippen molar-refractivity contribution in [1.82, 2.24) is 14.7 Å². The zero-order valence-electron chi connectivity index (χ0n) is 21.7. The van der Waals surface area contributed by atoms with E-state index in [9.17, 15) is 19.5 Å². The maximum Gasteiger partial charge on any atom is 0.248 e. The van der Waals surface area contributed by atoms with Gasteiger partial charge in [-0.2, -0.15) is 0 Å². The van der Waals surface area contributed by atoms with Gasteiger partial charge in [-0.05, 0) is 32.1 Å². The van der Waals surface area contributed by atoms with Crippen molar-refractivity contribution in [1.29, 1.82) is 0 Å². The predicted molar refractivity (Wildman–Crippen MR) is 134 cm³/mol. The van der Waals surface area contributed by atoms with E-state index in [4.69, 9.17) is 4.74 Å². The molecule has 3 amide bonds. The van der Waals surface area contributed by atoms with E-state index in [1.54, 1.807) is 33.9 Å². The van der Waals surface area contributed by atoms with Crippen LogP contribution in [0.2, 0.25) is 0 Å². The third-order valence-electron chi connectivity index (χ3n) is 8.21. The molecule has 0 saturated carbocycles. The molecule has 35 heavy (non-hydrogen) atoms. The van der Waals surface area contributed by atoms with Gasteiger partial charge in [0.1, 0.15) is 11.6 Å². The highest BCUT2D eigenvalue weighted by Gasteiger charge is 2.78. The van der Waals surface area contributed by atoms with E-state index in [-0.39, 0.29) is 30.9 Å². The maximum atomic E-state index is 14.1. The van der Waals surface area contributed by atoms with Crippen molar-refractivity contribution in [3.63, 3.8) is 0 Å². The smallest absolute Gasteiger partial charge is 0.248 e. The summed E-state index contributed by atoms with van der Waals surface area (Å²) in [6.45, 7) is 13.2. The second kappa shape index (κ2) is 11.2. The number of amides is 3. The van der Waals surface area contributed by atoms with Gasteiger partial charge in [0.05, 0.1) is 17.4 Å².